The Morgan fingerprint density at radius 1 is 1.10 bits per heavy atom. The van der Waals surface area contributed by atoms with Crippen molar-refractivity contribution in [2.75, 3.05) is 43.8 Å². The maximum absolute atomic E-state index is 13.2. The maximum atomic E-state index is 13.2. The topological polar surface area (TPSA) is 65.5 Å². The van der Waals surface area contributed by atoms with Crippen LogP contribution in [0.1, 0.15) is 0 Å². The minimum Gasteiger partial charge on any atom is -0.339 e. The number of para-hydroxylation sites is 1. The highest BCUT2D eigenvalue weighted by Gasteiger charge is 2.22. The summed E-state index contributed by atoms with van der Waals surface area (Å²) in [4.78, 5) is 33.1. The molecule has 0 bridgehead atoms. The van der Waals surface area contributed by atoms with Crippen molar-refractivity contribution in [3.8, 4) is 0 Å². The first kappa shape index (κ1) is 20.8. The van der Waals surface area contributed by atoms with E-state index in [9.17, 15) is 14.0 Å². The van der Waals surface area contributed by atoms with E-state index < -0.39 is 0 Å². The molecule has 0 radical (unpaired) electrons. The molecule has 2 heterocycles. The lowest BCUT2D eigenvalue weighted by Crippen LogP contribution is -2.50. The van der Waals surface area contributed by atoms with Gasteiger partial charge in [0, 0.05) is 31.9 Å². The van der Waals surface area contributed by atoms with E-state index in [0.29, 0.717) is 37.6 Å². The Bertz CT molecular complexity index is 1020. The SMILES string of the molecule is O=C(CN1CCN(C(=O)CSc2nc3ccccc3s2)CC1)Nc1cccc(F)c1. The number of benzene rings is 2. The minimum atomic E-state index is -0.386. The second kappa shape index (κ2) is 9.55. The smallest absolute Gasteiger partial charge is 0.238 e. The fourth-order valence-corrected chi connectivity index (χ4v) is 5.22. The van der Waals surface area contributed by atoms with Crippen molar-refractivity contribution in [3.05, 3.63) is 54.3 Å². The van der Waals surface area contributed by atoms with Gasteiger partial charge in [-0.15, -0.1) is 11.3 Å². The normalized spacial score (nSPS) is 14.8. The third kappa shape index (κ3) is 5.35. The van der Waals surface area contributed by atoms with E-state index in [1.54, 1.807) is 23.5 Å². The standard InChI is InChI=1S/C21H21FN4O2S2/c22-15-4-3-5-16(12-15)23-19(27)13-25-8-10-26(11-9-25)20(28)14-29-21-24-17-6-1-2-7-18(17)30-21/h1-7,12H,8-11,13-14H2,(H,23,27). The van der Waals surface area contributed by atoms with Crippen molar-refractivity contribution >= 4 is 50.8 Å². The van der Waals surface area contributed by atoms with Gasteiger partial charge < -0.3 is 10.2 Å². The maximum Gasteiger partial charge on any atom is 0.238 e. The van der Waals surface area contributed by atoms with E-state index in [0.717, 1.165) is 14.6 Å². The number of nitrogens with one attached hydrogen (secondary N) is 1. The molecule has 9 heteroatoms. The van der Waals surface area contributed by atoms with Crippen LogP contribution in [0, 0.1) is 5.82 Å². The molecule has 0 saturated carbocycles. The predicted molar refractivity (Wildman–Crippen MR) is 118 cm³/mol. The molecule has 1 saturated heterocycles. The van der Waals surface area contributed by atoms with Crippen LogP contribution in [0.2, 0.25) is 0 Å². The molecule has 0 aliphatic carbocycles. The van der Waals surface area contributed by atoms with Crippen molar-refractivity contribution in [2.24, 2.45) is 0 Å². The molecular formula is C21H21FN4O2S2. The van der Waals surface area contributed by atoms with Crippen molar-refractivity contribution in [2.45, 2.75) is 4.34 Å². The van der Waals surface area contributed by atoms with Gasteiger partial charge in [0.15, 0.2) is 4.34 Å². The van der Waals surface area contributed by atoms with E-state index >= 15 is 0 Å². The third-order valence-electron chi connectivity index (χ3n) is 4.79. The highest BCUT2D eigenvalue weighted by atomic mass is 32.2. The van der Waals surface area contributed by atoms with E-state index in [2.05, 4.69) is 10.3 Å². The first-order chi connectivity index (χ1) is 14.6. The number of thioether (sulfide) groups is 1. The number of nitrogens with zero attached hydrogens (tertiary/aromatic N) is 3. The zero-order valence-electron chi connectivity index (χ0n) is 16.2. The average molecular weight is 445 g/mol. The van der Waals surface area contributed by atoms with Crippen LogP contribution in [0.25, 0.3) is 10.2 Å². The summed E-state index contributed by atoms with van der Waals surface area (Å²) in [6.45, 7) is 2.67. The third-order valence-corrected chi connectivity index (χ3v) is 6.96. The van der Waals surface area contributed by atoms with Gasteiger partial charge in [-0.05, 0) is 30.3 Å². The molecule has 0 atom stereocenters. The predicted octanol–water partition coefficient (Wildman–Crippen LogP) is 3.31. The zero-order chi connectivity index (χ0) is 20.9. The minimum absolute atomic E-state index is 0.0862. The highest BCUT2D eigenvalue weighted by Crippen LogP contribution is 2.29. The number of hydrogen-bond acceptors (Lipinski definition) is 6. The number of thiazole rings is 1. The molecule has 3 aromatic rings. The fraction of sp³-hybridized carbons (Fsp3) is 0.286. The van der Waals surface area contributed by atoms with Crippen molar-refractivity contribution in [1.82, 2.24) is 14.8 Å². The van der Waals surface area contributed by atoms with Gasteiger partial charge >= 0.3 is 0 Å². The van der Waals surface area contributed by atoms with Gasteiger partial charge in [-0.3, -0.25) is 14.5 Å². The molecule has 1 aliphatic rings. The van der Waals surface area contributed by atoms with Crippen LogP contribution in [0.3, 0.4) is 0 Å². The van der Waals surface area contributed by atoms with Gasteiger partial charge in [-0.25, -0.2) is 9.37 Å². The summed E-state index contributed by atoms with van der Waals surface area (Å²) in [6.07, 6.45) is 0. The Hall–Kier alpha value is -2.49. The van der Waals surface area contributed by atoms with Crippen LogP contribution in [0.5, 0.6) is 0 Å². The number of piperazine rings is 1. The highest BCUT2D eigenvalue weighted by molar-refractivity contribution is 8.01. The summed E-state index contributed by atoms with van der Waals surface area (Å²) >= 11 is 3.07. The Kier molecular flexibility index (Phi) is 6.61. The van der Waals surface area contributed by atoms with Crippen molar-refractivity contribution in [1.29, 1.82) is 0 Å². The van der Waals surface area contributed by atoms with Gasteiger partial charge in [-0.1, -0.05) is 30.0 Å². The van der Waals surface area contributed by atoms with Gasteiger partial charge in [-0.2, -0.15) is 0 Å². The summed E-state index contributed by atoms with van der Waals surface area (Å²) in [7, 11) is 0. The van der Waals surface area contributed by atoms with Crippen LogP contribution >= 0.6 is 23.1 Å². The molecule has 2 aromatic carbocycles. The van der Waals surface area contributed by atoms with Gasteiger partial charge in [0.2, 0.25) is 11.8 Å². The molecule has 156 valence electrons. The van der Waals surface area contributed by atoms with E-state index in [4.69, 9.17) is 0 Å². The average Bonchev–Trinajstić information content (AvgIpc) is 3.15. The number of carbonyl (C=O) groups excluding carboxylic acids is 2. The molecule has 6 nitrogen and oxygen atoms in total. The summed E-state index contributed by atoms with van der Waals surface area (Å²) < 4.78 is 15.2. The summed E-state index contributed by atoms with van der Waals surface area (Å²) in [6, 6.07) is 13.8. The molecular weight excluding hydrogens is 423 g/mol. The molecule has 1 aromatic heterocycles. The molecule has 1 fully saturated rings. The number of carbonyl (C=O) groups is 2. The number of hydrogen-bond donors (Lipinski definition) is 1. The molecule has 2 amide bonds. The van der Waals surface area contributed by atoms with Crippen molar-refractivity contribution in [3.63, 3.8) is 0 Å². The summed E-state index contributed by atoms with van der Waals surface area (Å²) in [5.41, 5.74) is 1.41. The van der Waals surface area contributed by atoms with E-state index in [-0.39, 0.29) is 24.2 Å². The number of aromatic nitrogens is 1. The van der Waals surface area contributed by atoms with Crippen molar-refractivity contribution < 1.29 is 14.0 Å². The molecule has 30 heavy (non-hydrogen) atoms. The molecule has 0 spiro atoms. The molecule has 1 N–H and O–H groups in total. The monoisotopic (exact) mass is 444 g/mol. The lowest BCUT2D eigenvalue weighted by Gasteiger charge is -2.34. The molecule has 1 aliphatic heterocycles. The second-order valence-electron chi connectivity index (χ2n) is 6.95. The zero-order valence-corrected chi connectivity index (χ0v) is 17.8. The van der Waals surface area contributed by atoms with Gasteiger partial charge in [0.1, 0.15) is 5.82 Å². The molecule has 0 unspecified atom stereocenters. The Morgan fingerprint density at radius 3 is 2.67 bits per heavy atom. The number of rotatable bonds is 6. The second-order valence-corrected chi connectivity index (χ2v) is 9.20. The van der Waals surface area contributed by atoms with Crippen LogP contribution in [-0.2, 0) is 9.59 Å². The first-order valence-electron chi connectivity index (χ1n) is 9.61. The van der Waals surface area contributed by atoms with Crippen LogP contribution in [0.4, 0.5) is 10.1 Å². The van der Waals surface area contributed by atoms with Gasteiger partial charge in [0.25, 0.3) is 0 Å². The molecule has 4 rings (SSSR count). The summed E-state index contributed by atoms with van der Waals surface area (Å²) in [5, 5.41) is 2.70. The van der Waals surface area contributed by atoms with E-state index in [1.165, 1.54) is 23.9 Å². The number of halogens is 1. The van der Waals surface area contributed by atoms with Crippen LogP contribution in [-0.4, -0.2) is 65.1 Å². The fourth-order valence-electron chi connectivity index (χ4n) is 3.25. The van der Waals surface area contributed by atoms with Crippen LogP contribution < -0.4 is 5.32 Å². The quantitative estimate of drug-likeness (QED) is 0.591. The number of fused-ring (bicyclic) bond motifs is 1. The van der Waals surface area contributed by atoms with E-state index in [1.807, 2.05) is 34.1 Å². The summed E-state index contributed by atoms with van der Waals surface area (Å²) in [5.74, 6) is -0.126. The largest absolute Gasteiger partial charge is 0.339 e. The number of amides is 2. The lowest BCUT2D eigenvalue weighted by atomic mass is 10.3. The van der Waals surface area contributed by atoms with Crippen LogP contribution in [0.15, 0.2) is 52.9 Å². The Morgan fingerprint density at radius 2 is 1.90 bits per heavy atom. The number of anilines is 1. The first-order valence-corrected chi connectivity index (χ1v) is 11.4. The Balaban J connectivity index is 1.20. The lowest BCUT2D eigenvalue weighted by molar-refractivity contribution is -0.130. The van der Waals surface area contributed by atoms with Gasteiger partial charge in [0.05, 0.1) is 22.5 Å². The Labute approximate surface area is 182 Å².